The molecule has 152 valence electrons. The van der Waals surface area contributed by atoms with E-state index in [0.717, 1.165) is 22.4 Å². The highest BCUT2D eigenvalue weighted by Crippen LogP contribution is 2.28. The van der Waals surface area contributed by atoms with E-state index in [2.05, 4.69) is 39.6 Å². The maximum Gasteiger partial charge on any atom is 0.284 e. The van der Waals surface area contributed by atoms with Gasteiger partial charge in [-0.3, -0.25) is 4.79 Å². The Morgan fingerprint density at radius 2 is 1.77 bits per heavy atom. The number of aliphatic hydroxyl groups excluding tert-OH is 1. The molecule has 0 radical (unpaired) electrons. The molecule has 8 heteroatoms. The van der Waals surface area contributed by atoms with Gasteiger partial charge in [0, 0.05) is 6.20 Å². The summed E-state index contributed by atoms with van der Waals surface area (Å²) in [7, 11) is 0. The van der Waals surface area contributed by atoms with Gasteiger partial charge in [-0.2, -0.15) is 4.98 Å². The fraction of sp³-hybridized carbons (Fsp3) is 0.182. The Balaban J connectivity index is 1.47. The first kappa shape index (κ1) is 18.4. The van der Waals surface area contributed by atoms with E-state index in [-0.39, 0.29) is 25.5 Å². The first-order valence-electron chi connectivity index (χ1n) is 9.73. The van der Waals surface area contributed by atoms with Crippen molar-refractivity contribution in [2.24, 2.45) is 0 Å². The van der Waals surface area contributed by atoms with Crippen LogP contribution in [0, 0.1) is 0 Å². The molecular formula is C22H21N5O3. The van der Waals surface area contributed by atoms with Crippen LogP contribution < -0.4 is 15.8 Å². The van der Waals surface area contributed by atoms with Gasteiger partial charge in [-0.1, -0.05) is 54.6 Å². The van der Waals surface area contributed by atoms with E-state index in [0.29, 0.717) is 24.0 Å². The van der Waals surface area contributed by atoms with Gasteiger partial charge in [-0.25, -0.2) is 4.40 Å². The summed E-state index contributed by atoms with van der Waals surface area (Å²) in [5, 5.41) is 12.0. The molecule has 3 N–H and O–H groups in total. The highest BCUT2D eigenvalue weighted by atomic mass is 16.5. The van der Waals surface area contributed by atoms with Gasteiger partial charge in [-0.05, 0) is 16.7 Å². The molecule has 30 heavy (non-hydrogen) atoms. The first-order chi connectivity index (χ1) is 14.7. The van der Waals surface area contributed by atoms with Crippen LogP contribution in [0.25, 0.3) is 28.2 Å². The minimum atomic E-state index is -0.164. The Kier molecular flexibility index (Phi) is 4.70. The molecule has 0 fully saturated rings. The van der Waals surface area contributed by atoms with Crippen LogP contribution in [0.4, 0.5) is 11.5 Å². The Hall–Kier alpha value is -3.62. The number of fused-ring (bicyclic) bond motifs is 2. The molecule has 5 rings (SSSR count). The Morgan fingerprint density at radius 3 is 2.53 bits per heavy atom. The number of H-pyrrole nitrogens is 1. The van der Waals surface area contributed by atoms with E-state index in [1.807, 2.05) is 35.2 Å². The van der Waals surface area contributed by atoms with Gasteiger partial charge in [0.25, 0.3) is 5.56 Å². The van der Waals surface area contributed by atoms with Gasteiger partial charge in [0.05, 0.1) is 25.6 Å². The molecule has 0 saturated carbocycles. The van der Waals surface area contributed by atoms with Gasteiger partial charge >= 0.3 is 0 Å². The third-order valence-corrected chi connectivity index (χ3v) is 5.13. The van der Waals surface area contributed by atoms with E-state index in [4.69, 9.17) is 9.84 Å². The van der Waals surface area contributed by atoms with Crippen molar-refractivity contribution in [3.05, 3.63) is 71.1 Å². The number of benzene rings is 2. The maximum atomic E-state index is 12.9. The van der Waals surface area contributed by atoms with Gasteiger partial charge in [0.1, 0.15) is 12.4 Å². The number of aromatic nitrogens is 3. The highest BCUT2D eigenvalue weighted by Gasteiger charge is 2.25. The quantitative estimate of drug-likeness (QED) is 0.428. The van der Waals surface area contributed by atoms with Crippen molar-refractivity contribution in [2.75, 3.05) is 36.8 Å². The van der Waals surface area contributed by atoms with Crippen molar-refractivity contribution < 1.29 is 9.84 Å². The lowest BCUT2D eigenvalue weighted by atomic mass is 10.0. The topological polar surface area (TPSA) is 94.9 Å². The molecule has 1 aliphatic rings. The number of nitrogens with zero attached hydrogens (tertiary/aromatic N) is 3. The molecule has 0 atom stereocenters. The average Bonchev–Trinajstić information content (AvgIpc) is 3.40. The van der Waals surface area contributed by atoms with Crippen LogP contribution in [0.15, 0.2) is 65.6 Å². The smallest absolute Gasteiger partial charge is 0.284 e. The van der Waals surface area contributed by atoms with E-state index in [1.54, 1.807) is 6.20 Å². The molecule has 8 nitrogen and oxygen atoms in total. The van der Waals surface area contributed by atoms with Gasteiger partial charge in [0.15, 0.2) is 5.82 Å². The number of ether oxygens (including phenoxy) is 1. The van der Waals surface area contributed by atoms with Crippen LogP contribution in [-0.4, -0.2) is 46.1 Å². The molecule has 2 aromatic heterocycles. The number of imidazole rings is 1. The standard InChI is InChI=1S/C22H21N5O3/c28-10-11-30-14-26-13-23-19-20(26)25-22-24-18(12-27(22)21(19)29)17-8-6-16(7-9-17)15-4-2-1-3-5-15/h1-9,12,23,28H,10-11,13-14H2,(H,24,25). The molecule has 0 saturated heterocycles. The molecule has 0 aliphatic carbocycles. The average molecular weight is 403 g/mol. The third kappa shape index (κ3) is 3.22. The molecule has 0 spiro atoms. The second kappa shape index (κ2) is 7.66. The molecule has 4 aromatic rings. The summed E-state index contributed by atoms with van der Waals surface area (Å²) in [4.78, 5) is 22.6. The number of anilines is 2. The van der Waals surface area contributed by atoms with Crippen LogP contribution >= 0.6 is 0 Å². The maximum absolute atomic E-state index is 12.9. The fourth-order valence-corrected chi connectivity index (χ4v) is 3.61. The van der Waals surface area contributed by atoms with Gasteiger partial charge in [0.2, 0.25) is 5.78 Å². The van der Waals surface area contributed by atoms with Crippen molar-refractivity contribution in [1.82, 2.24) is 14.4 Å². The number of aliphatic hydroxyl groups is 1. The predicted octanol–water partition coefficient (Wildman–Crippen LogP) is 2.51. The second-order valence-electron chi connectivity index (χ2n) is 7.06. The van der Waals surface area contributed by atoms with E-state index >= 15 is 0 Å². The number of hydrogen-bond acceptors (Lipinski definition) is 6. The van der Waals surface area contributed by atoms with Crippen molar-refractivity contribution in [1.29, 1.82) is 0 Å². The summed E-state index contributed by atoms with van der Waals surface area (Å²) >= 11 is 0. The van der Waals surface area contributed by atoms with Gasteiger partial charge in [-0.15, -0.1) is 0 Å². The number of nitrogens with one attached hydrogen (secondary N) is 2. The Morgan fingerprint density at radius 1 is 1.03 bits per heavy atom. The number of aromatic amines is 1. The lowest BCUT2D eigenvalue weighted by Crippen LogP contribution is -2.27. The van der Waals surface area contributed by atoms with Crippen LogP contribution in [0.2, 0.25) is 0 Å². The molecule has 0 bridgehead atoms. The van der Waals surface area contributed by atoms with Crippen LogP contribution in [0.1, 0.15) is 0 Å². The summed E-state index contributed by atoms with van der Waals surface area (Å²) in [6.45, 7) is 0.868. The van der Waals surface area contributed by atoms with Crippen molar-refractivity contribution in [3.63, 3.8) is 0 Å². The summed E-state index contributed by atoms with van der Waals surface area (Å²) in [6, 6.07) is 18.4. The van der Waals surface area contributed by atoms with E-state index < -0.39 is 0 Å². The van der Waals surface area contributed by atoms with E-state index in [9.17, 15) is 4.79 Å². The van der Waals surface area contributed by atoms with Gasteiger partial charge < -0.3 is 25.0 Å². The highest BCUT2D eigenvalue weighted by molar-refractivity contribution is 5.73. The molecule has 0 unspecified atom stereocenters. The lowest BCUT2D eigenvalue weighted by Gasteiger charge is -2.16. The summed E-state index contributed by atoms with van der Waals surface area (Å²) in [5.41, 5.74) is 4.35. The fourth-order valence-electron chi connectivity index (χ4n) is 3.61. The Labute approximate surface area is 172 Å². The summed E-state index contributed by atoms with van der Waals surface area (Å²) in [6.07, 6.45) is 1.77. The van der Waals surface area contributed by atoms with Crippen molar-refractivity contribution in [3.8, 4) is 22.4 Å². The van der Waals surface area contributed by atoms with Crippen molar-refractivity contribution >= 4 is 17.3 Å². The lowest BCUT2D eigenvalue weighted by molar-refractivity contribution is 0.0934. The number of rotatable bonds is 6. The van der Waals surface area contributed by atoms with E-state index in [1.165, 1.54) is 4.40 Å². The minimum Gasteiger partial charge on any atom is -0.394 e. The predicted molar refractivity (Wildman–Crippen MR) is 116 cm³/mol. The molecular weight excluding hydrogens is 382 g/mol. The first-order valence-corrected chi connectivity index (χ1v) is 9.73. The number of hydrogen-bond donors (Lipinski definition) is 3. The molecule has 0 amide bonds. The third-order valence-electron chi connectivity index (χ3n) is 5.13. The van der Waals surface area contributed by atoms with Crippen LogP contribution in [0.3, 0.4) is 0 Å². The monoisotopic (exact) mass is 403 g/mol. The summed E-state index contributed by atoms with van der Waals surface area (Å²) < 4.78 is 6.89. The largest absolute Gasteiger partial charge is 0.394 e. The zero-order valence-corrected chi connectivity index (χ0v) is 16.2. The van der Waals surface area contributed by atoms with Crippen LogP contribution in [-0.2, 0) is 4.74 Å². The molecule has 3 heterocycles. The molecule has 2 aromatic carbocycles. The Bertz CT molecular complexity index is 1230. The second-order valence-corrected chi connectivity index (χ2v) is 7.06. The SMILES string of the molecule is O=c1c2c(nc3[nH]c(-c4ccc(-c5ccccc5)cc4)cn13)N(COCCO)CN2. The minimum absolute atomic E-state index is 0.0493. The molecule has 1 aliphatic heterocycles. The van der Waals surface area contributed by atoms with Crippen LogP contribution in [0.5, 0.6) is 0 Å². The normalized spacial score (nSPS) is 12.9. The van der Waals surface area contributed by atoms with Crippen molar-refractivity contribution in [2.45, 2.75) is 0 Å². The zero-order chi connectivity index (χ0) is 20.5. The summed E-state index contributed by atoms with van der Waals surface area (Å²) in [5.74, 6) is 1.02. The zero-order valence-electron chi connectivity index (χ0n) is 16.2.